The molecule has 3 heteroatoms. The van der Waals surface area contributed by atoms with Crippen molar-refractivity contribution in [2.45, 2.75) is 51.6 Å². The van der Waals surface area contributed by atoms with E-state index in [4.69, 9.17) is 5.73 Å². The maximum atomic E-state index is 6.27. The molecule has 1 aliphatic heterocycles. The van der Waals surface area contributed by atoms with E-state index in [-0.39, 0.29) is 0 Å². The van der Waals surface area contributed by atoms with Gasteiger partial charge >= 0.3 is 0 Å². The number of nitrogens with two attached hydrogens (primary N) is 1. The van der Waals surface area contributed by atoms with E-state index < -0.39 is 0 Å². The quantitative estimate of drug-likeness (QED) is 0.811. The zero-order valence-corrected chi connectivity index (χ0v) is 11.6. The molecule has 0 spiro atoms. The predicted molar refractivity (Wildman–Crippen MR) is 73.1 cm³/mol. The molecule has 2 N–H and O–H groups in total. The molecule has 17 heavy (non-hydrogen) atoms. The van der Waals surface area contributed by atoms with Gasteiger partial charge in [-0.2, -0.15) is 0 Å². The normalized spacial score (nSPS) is 33.2. The fourth-order valence-corrected chi connectivity index (χ4v) is 3.39. The Morgan fingerprint density at radius 2 is 1.71 bits per heavy atom. The van der Waals surface area contributed by atoms with E-state index in [0.29, 0.717) is 12.1 Å². The van der Waals surface area contributed by atoms with Crippen LogP contribution < -0.4 is 5.73 Å². The molecule has 1 saturated heterocycles. The molecule has 100 valence electrons. The van der Waals surface area contributed by atoms with Crippen LogP contribution in [0.5, 0.6) is 0 Å². The van der Waals surface area contributed by atoms with E-state index >= 15 is 0 Å². The monoisotopic (exact) mass is 239 g/mol. The van der Waals surface area contributed by atoms with Gasteiger partial charge in [0.25, 0.3) is 0 Å². The summed E-state index contributed by atoms with van der Waals surface area (Å²) < 4.78 is 0. The highest BCUT2D eigenvalue weighted by molar-refractivity contribution is 4.88. The molecule has 0 amide bonds. The summed E-state index contributed by atoms with van der Waals surface area (Å²) in [5.41, 5.74) is 6.27. The van der Waals surface area contributed by atoms with Crippen molar-refractivity contribution in [2.75, 3.05) is 32.7 Å². The summed E-state index contributed by atoms with van der Waals surface area (Å²) in [6, 6.07) is 1.10. The van der Waals surface area contributed by atoms with E-state index in [1.807, 2.05) is 0 Å². The highest BCUT2D eigenvalue weighted by Crippen LogP contribution is 2.23. The maximum absolute atomic E-state index is 6.27. The Hall–Kier alpha value is -0.120. The van der Waals surface area contributed by atoms with Crippen LogP contribution in [-0.2, 0) is 0 Å². The fourth-order valence-electron chi connectivity index (χ4n) is 3.39. The third-order valence-corrected chi connectivity index (χ3v) is 4.28. The van der Waals surface area contributed by atoms with Crippen LogP contribution in [0.25, 0.3) is 0 Å². The Bertz CT molecular complexity index is 222. The average Bonchev–Trinajstić information content (AvgIpc) is 2.30. The zero-order valence-electron chi connectivity index (χ0n) is 11.6. The molecule has 2 atom stereocenters. The number of rotatable bonds is 3. The molecule has 0 aromatic rings. The third-order valence-electron chi connectivity index (χ3n) is 4.28. The molecule has 0 radical (unpaired) electrons. The highest BCUT2D eigenvalue weighted by Gasteiger charge is 2.29. The second-order valence-electron chi connectivity index (χ2n) is 6.25. The molecular formula is C14H29N3. The van der Waals surface area contributed by atoms with Crippen molar-refractivity contribution in [1.29, 1.82) is 0 Å². The van der Waals surface area contributed by atoms with Gasteiger partial charge in [0.15, 0.2) is 0 Å². The molecule has 2 aliphatic rings. The Morgan fingerprint density at radius 3 is 2.29 bits per heavy atom. The van der Waals surface area contributed by atoms with Crippen LogP contribution in [0.15, 0.2) is 0 Å². The first-order chi connectivity index (χ1) is 8.16. The highest BCUT2D eigenvalue weighted by atomic mass is 15.3. The summed E-state index contributed by atoms with van der Waals surface area (Å²) in [5, 5.41) is 0. The van der Waals surface area contributed by atoms with Gasteiger partial charge in [-0.15, -0.1) is 0 Å². The lowest BCUT2D eigenvalue weighted by atomic mass is 9.89. The second kappa shape index (κ2) is 6.17. The molecule has 1 saturated carbocycles. The lowest BCUT2D eigenvalue weighted by molar-refractivity contribution is 0.0646. The topological polar surface area (TPSA) is 32.5 Å². The Morgan fingerprint density at radius 1 is 1.06 bits per heavy atom. The van der Waals surface area contributed by atoms with Crippen molar-refractivity contribution in [2.24, 2.45) is 11.7 Å². The SMILES string of the molecule is CC(C)CN1CCN(C2CCCCC2N)CC1. The zero-order chi connectivity index (χ0) is 12.3. The number of hydrogen-bond acceptors (Lipinski definition) is 3. The molecule has 2 fully saturated rings. The summed E-state index contributed by atoms with van der Waals surface area (Å²) in [5.74, 6) is 0.790. The summed E-state index contributed by atoms with van der Waals surface area (Å²) in [6.07, 6.45) is 5.28. The maximum Gasteiger partial charge on any atom is 0.0248 e. The Labute approximate surface area is 106 Å². The van der Waals surface area contributed by atoms with Crippen molar-refractivity contribution >= 4 is 0 Å². The van der Waals surface area contributed by atoms with Gasteiger partial charge in [0.2, 0.25) is 0 Å². The van der Waals surface area contributed by atoms with Crippen molar-refractivity contribution in [3.63, 3.8) is 0 Å². The number of piperazine rings is 1. The smallest absolute Gasteiger partial charge is 0.0248 e. The van der Waals surface area contributed by atoms with Gasteiger partial charge in [-0.25, -0.2) is 0 Å². The van der Waals surface area contributed by atoms with Gasteiger partial charge in [-0.1, -0.05) is 26.7 Å². The Kier molecular flexibility index (Phi) is 4.83. The van der Waals surface area contributed by atoms with Crippen LogP contribution in [0.1, 0.15) is 39.5 Å². The lowest BCUT2D eigenvalue weighted by Crippen LogP contribution is -2.56. The van der Waals surface area contributed by atoms with E-state index in [0.717, 1.165) is 5.92 Å². The molecule has 1 aliphatic carbocycles. The van der Waals surface area contributed by atoms with Crippen molar-refractivity contribution in [1.82, 2.24) is 9.80 Å². The third kappa shape index (κ3) is 3.67. The van der Waals surface area contributed by atoms with Gasteiger partial charge in [-0.3, -0.25) is 4.90 Å². The molecular weight excluding hydrogens is 210 g/mol. The molecule has 0 aromatic carbocycles. The molecule has 2 rings (SSSR count). The van der Waals surface area contributed by atoms with Crippen molar-refractivity contribution in [3.8, 4) is 0 Å². The van der Waals surface area contributed by atoms with Crippen LogP contribution in [-0.4, -0.2) is 54.6 Å². The van der Waals surface area contributed by atoms with E-state index in [9.17, 15) is 0 Å². The lowest BCUT2D eigenvalue weighted by Gasteiger charge is -2.43. The molecule has 3 nitrogen and oxygen atoms in total. The first kappa shape index (κ1) is 13.3. The second-order valence-corrected chi connectivity index (χ2v) is 6.25. The minimum absolute atomic E-state index is 0.431. The van der Waals surface area contributed by atoms with E-state index in [1.54, 1.807) is 0 Å². The van der Waals surface area contributed by atoms with Gasteiger partial charge in [0.05, 0.1) is 0 Å². The molecule has 1 heterocycles. The largest absolute Gasteiger partial charge is 0.326 e. The summed E-state index contributed by atoms with van der Waals surface area (Å²) in [4.78, 5) is 5.26. The van der Waals surface area contributed by atoms with Crippen LogP contribution in [0, 0.1) is 5.92 Å². The first-order valence-corrected chi connectivity index (χ1v) is 7.39. The minimum Gasteiger partial charge on any atom is -0.326 e. The summed E-state index contributed by atoms with van der Waals surface area (Å²) in [6.45, 7) is 10.8. The van der Waals surface area contributed by atoms with E-state index in [2.05, 4.69) is 23.6 Å². The average molecular weight is 239 g/mol. The summed E-state index contributed by atoms with van der Waals surface area (Å²) >= 11 is 0. The van der Waals surface area contributed by atoms with Gasteiger partial charge in [-0.05, 0) is 18.8 Å². The van der Waals surface area contributed by atoms with Gasteiger partial charge in [0.1, 0.15) is 0 Å². The molecule has 0 aromatic heterocycles. The Balaban J connectivity index is 1.78. The minimum atomic E-state index is 0.431. The van der Waals surface area contributed by atoms with E-state index in [1.165, 1.54) is 58.4 Å². The molecule has 0 bridgehead atoms. The van der Waals surface area contributed by atoms with Crippen LogP contribution >= 0.6 is 0 Å². The summed E-state index contributed by atoms with van der Waals surface area (Å²) in [7, 11) is 0. The van der Waals surface area contributed by atoms with Crippen LogP contribution in [0.3, 0.4) is 0 Å². The van der Waals surface area contributed by atoms with Crippen molar-refractivity contribution < 1.29 is 0 Å². The van der Waals surface area contributed by atoms with Crippen LogP contribution in [0.2, 0.25) is 0 Å². The van der Waals surface area contributed by atoms with Crippen molar-refractivity contribution in [3.05, 3.63) is 0 Å². The molecule has 2 unspecified atom stereocenters. The first-order valence-electron chi connectivity index (χ1n) is 7.39. The van der Waals surface area contributed by atoms with Gasteiger partial charge in [0, 0.05) is 44.8 Å². The fraction of sp³-hybridized carbons (Fsp3) is 1.00. The van der Waals surface area contributed by atoms with Crippen LogP contribution in [0.4, 0.5) is 0 Å². The number of hydrogen-bond donors (Lipinski definition) is 1. The standard InChI is InChI=1S/C14H29N3/c1-12(2)11-16-7-9-17(10-8-16)14-6-4-3-5-13(14)15/h12-14H,3-11,15H2,1-2H3. The number of nitrogens with zero attached hydrogens (tertiary/aromatic N) is 2. The predicted octanol–water partition coefficient (Wildman–Crippen LogP) is 1.53. The van der Waals surface area contributed by atoms with Gasteiger partial charge < -0.3 is 10.6 Å².